The number of hydrogen-bond donors (Lipinski definition) is 0. The number of fused-ring (bicyclic) bond motifs is 1. The maximum atomic E-state index is 12.7. The molecule has 0 fully saturated rings. The van der Waals surface area contributed by atoms with Gasteiger partial charge in [-0.25, -0.2) is 0 Å². The van der Waals surface area contributed by atoms with Gasteiger partial charge in [-0.05, 0) is 35.7 Å². The van der Waals surface area contributed by atoms with E-state index in [1.165, 1.54) is 6.07 Å². The molecule has 0 saturated heterocycles. The fourth-order valence-corrected chi connectivity index (χ4v) is 3.90. The smallest absolute Gasteiger partial charge is 0.339 e. The standard InChI is InChI=1S/C19H17ClO3S/c1-13(2)14-7-9-15(10-8-14)23-24(21,22)19-12-11-18(20)16-5-3-4-6-17(16)19/h3-13H,1-2H3. The second-order valence-electron chi connectivity index (χ2n) is 5.85. The van der Waals surface area contributed by atoms with Crippen LogP contribution in [0.2, 0.25) is 5.02 Å². The maximum Gasteiger partial charge on any atom is 0.339 e. The lowest BCUT2D eigenvalue weighted by molar-refractivity contribution is 0.487. The first kappa shape index (κ1) is 16.8. The molecule has 0 aromatic heterocycles. The molecular weight excluding hydrogens is 344 g/mol. The van der Waals surface area contributed by atoms with Gasteiger partial charge in [0.25, 0.3) is 0 Å². The van der Waals surface area contributed by atoms with Crippen molar-refractivity contribution in [2.75, 3.05) is 0 Å². The largest absolute Gasteiger partial charge is 0.379 e. The Bertz CT molecular complexity index is 977. The van der Waals surface area contributed by atoms with Crippen molar-refractivity contribution in [3.63, 3.8) is 0 Å². The highest BCUT2D eigenvalue weighted by molar-refractivity contribution is 7.87. The molecular formula is C19H17ClO3S. The Kier molecular flexibility index (Phi) is 4.52. The number of rotatable bonds is 4. The summed E-state index contributed by atoms with van der Waals surface area (Å²) in [6.45, 7) is 4.15. The van der Waals surface area contributed by atoms with E-state index in [2.05, 4.69) is 13.8 Å². The number of hydrogen-bond acceptors (Lipinski definition) is 3. The second kappa shape index (κ2) is 6.46. The zero-order chi connectivity index (χ0) is 17.3. The molecule has 3 aromatic carbocycles. The van der Waals surface area contributed by atoms with Gasteiger partial charge in [0.1, 0.15) is 10.6 Å². The molecule has 0 unspecified atom stereocenters. The summed E-state index contributed by atoms with van der Waals surface area (Å²) < 4.78 is 30.7. The van der Waals surface area contributed by atoms with Gasteiger partial charge in [0.15, 0.2) is 0 Å². The molecule has 24 heavy (non-hydrogen) atoms. The van der Waals surface area contributed by atoms with Gasteiger partial charge in [-0.3, -0.25) is 0 Å². The summed E-state index contributed by atoms with van der Waals surface area (Å²) in [6, 6.07) is 17.2. The van der Waals surface area contributed by atoms with Crippen molar-refractivity contribution in [1.29, 1.82) is 0 Å². The van der Waals surface area contributed by atoms with E-state index in [1.54, 1.807) is 36.4 Å². The van der Waals surface area contributed by atoms with Crippen LogP contribution in [0.25, 0.3) is 10.8 Å². The molecule has 0 bridgehead atoms. The first-order valence-corrected chi connectivity index (χ1v) is 9.39. The van der Waals surface area contributed by atoms with Gasteiger partial charge in [-0.1, -0.05) is 61.8 Å². The van der Waals surface area contributed by atoms with E-state index in [-0.39, 0.29) is 4.90 Å². The third-order valence-corrected chi connectivity index (χ3v) is 5.49. The fraction of sp³-hybridized carbons (Fsp3) is 0.158. The summed E-state index contributed by atoms with van der Waals surface area (Å²) in [4.78, 5) is 0.107. The topological polar surface area (TPSA) is 43.4 Å². The number of benzene rings is 3. The molecule has 0 aliphatic rings. The summed E-state index contributed by atoms with van der Waals surface area (Å²) in [5, 5.41) is 1.73. The molecule has 3 nitrogen and oxygen atoms in total. The lowest BCUT2D eigenvalue weighted by atomic mass is 10.0. The molecule has 0 saturated carbocycles. The van der Waals surface area contributed by atoms with Crippen LogP contribution in [0.1, 0.15) is 25.3 Å². The average Bonchev–Trinajstić information content (AvgIpc) is 2.55. The van der Waals surface area contributed by atoms with Crippen LogP contribution in [0.5, 0.6) is 5.75 Å². The molecule has 3 rings (SSSR count). The van der Waals surface area contributed by atoms with Gasteiger partial charge in [0.05, 0.1) is 0 Å². The van der Waals surface area contributed by atoms with Crippen molar-refractivity contribution in [3.05, 3.63) is 71.2 Å². The molecule has 0 radical (unpaired) electrons. The Balaban J connectivity index is 2.01. The minimum Gasteiger partial charge on any atom is -0.379 e. The van der Waals surface area contributed by atoms with Crippen molar-refractivity contribution >= 4 is 32.5 Å². The molecule has 0 N–H and O–H groups in total. The zero-order valence-corrected chi connectivity index (χ0v) is 14.9. The lowest BCUT2D eigenvalue weighted by Gasteiger charge is -2.11. The van der Waals surface area contributed by atoms with Crippen molar-refractivity contribution < 1.29 is 12.6 Å². The Morgan fingerprint density at radius 2 is 1.50 bits per heavy atom. The highest BCUT2D eigenvalue weighted by atomic mass is 35.5. The first-order valence-electron chi connectivity index (χ1n) is 7.60. The molecule has 0 amide bonds. The third kappa shape index (κ3) is 3.25. The number of halogens is 1. The van der Waals surface area contributed by atoms with E-state index in [1.807, 2.05) is 18.2 Å². The predicted octanol–water partition coefficient (Wildman–Crippen LogP) is 5.38. The van der Waals surface area contributed by atoms with Crippen molar-refractivity contribution in [1.82, 2.24) is 0 Å². The van der Waals surface area contributed by atoms with Crippen molar-refractivity contribution in [2.24, 2.45) is 0 Å². The molecule has 3 aromatic rings. The van der Waals surface area contributed by atoms with Crippen LogP contribution in [-0.2, 0) is 10.1 Å². The maximum absolute atomic E-state index is 12.7. The summed E-state index contributed by atoms with van der Waals surface area (Å²) >= 11 is 6.15. The quantitative estimate of drug-likeness (QED) is 0.586. The predicted molar refractivity (Wildman–Crippen MR) is 97.3 cm³/mol. The van der Waals surface area contributed by atoms with Crippen LogP contribution in [0.4, 0.5) is 0 Å². The van der Waals surface area contributed by atoms with E-state index in [4.69, 9.17) is 15.8 Å². The van der Waals surface area contributed by atoms with E-state index < -0.39 is 10.1 Å². The minimum atomic E-state index is -3.95. The van der Waals surface area contributed by atoms with E-state index in [0.717, 1.165) is 5.56 Å². The second-order valence-corrected chi connectivity index (χ2v) is 7.77. The van der Waals surface area contributed by atoms with Crippen LogP contribution in [0.15, 0.2) is 65.6 Å². The first-order chi connectivity index (χ1) is 11.4. The molecule has 0 aliphatic carbocycles. The van der Waals surface area contributed by atoms with Gasteiger partial charge in [0.2, 0.25) is 0 Å². The molecule has 0 aliphatic heterocycles. The van der Waals surface area contributed by atoms with Gasteiger partial charge < -0.3 is 4.18 Å². The van der Waals surface area contributed by atoms with Gasteiger partial charge in [-0.2, -0.15) is 8.42 Å². The molecule has 0 spiro atoms. The van der Waals surface area contributed by atoms with Crippen LogP contribution in [0.3, 0.4) is 0 Å². The van der Waals surface area contributed by atoms with Crippen LogP contribution < -0.4 is 4.18 Å². The van der Waals surface area contributed by atoms with Crippen molar-refractivity contribution in [3.8, 4) is 5.75 Å². The Hall–Kier alpha value is -2.04. The Morgan fingerprint density at radius 3 is 2.12 bits per heavy atom. The summed E-state index contributed by atoms with van der Waals surface area (Å²) in [5.74, 6) is 0.661. The third-order valence-electron chi connectivity index (χ3n) is 3.85. The van der Waals surface area contributed by atoms with Crippen LogP contribution in [-0.4, -0.2) is 8.42 Å². The summed E-state index contributed by atoms with van der Waals surface area (Å²) in [7, 11) is -3.95. The highest BCUT2D eigenvalue weighted by Crippen LogP contribution is 2.31. The molecule has 5 heteroatoms. The normalized spacial score (nSPS) is 11.8. The van der Waals surface area contributed by atoms with E-state index >= 15 is 0 Å². The van der Waals surface area contributed by atoms with E-state index in [9.17, 15) is 8.42 Å². The zero-order valence-electron chi connectivity index (χ0n) is 13.4. The molecule has 0 heterocycles. The fourth-order valence-electron chi connectivity index (χ4n) is 2.53. The van der Waals surface area contributed by atoms with Crippen LogP contribution in [0, 0.1) is 0 Å². The SMILES string of the molecule is CC(C)c1ccc(OS(=O)(=O)c2ccc(Cl)c3ccccc23)cc1. The summed E-state index contributed by atoms with van der Waals surface area (Å²) in [5.41, 5.74) is 1.12. The Morgan fingerprint density at radius 1 is 0.875 bits per heavy atom. The average molecular weight is 361 g/mol. The van der Waals surface area contributed by atoms with Crippen LogP contribution >= 0.6 is 11.6 Å². The monoisotopic (exact) mass is 360 g/mol. The highest BCUT2D eigenvalue weighted by Gasteiger charge is 2.20. The molecule has 124 valence electrons. The van der Waals surface area contributed by atoms with Crippen molar-refractivity contribution in [2.45, 2.75) is 24.7 Å². The lowest BCUT2D eigenvalue weighted by Crippen LogP contribution is -2.10. The van der Waals surface area contributed by atoms with Gasteiger partial charge in [-0.15, -0.1) is 0 Å². The molecule has 0 atom stereocenters. The van der Waals surface area contributed by atoms with Gasteiger partial charge in [0, 0.05) is 15.8 Å². The minimum absolute atomic E-state index is 0.107. The van der Waals surface area contributed by atoms with Gasteiger partial charge >= 0.3 is 10.1 Å². The summed E-state index contributed by atoms with van der Waals surface area (Å²) in [6.07, 6.45) is 0. The van der Waals surface area contributed by atoms with E-state index in [0.29, 0.717) is 27.5 Å². The Labute approximate surface area is 147 Å².